The summed E-state index contributed by atoms with van der Waals surface area (Å²) in [5.74, 6) is -2.39. The van der Waals surface area contributed by atoms with Crippen LogP contribution in [-0.4, -0.2) is 22.0 Å². The monoisotopic (exact) mass is 329 g/mol. The molecule has 0 spiro atoms. The number of hydrogen-bond acceptors (Lipinski definition) is 5. The number of ether oxygens (including phenoxy) is 1. The molecule has 2 aromatic carbocycles. The van der Waals surface area contributed by atoms with Gasteiger partial charge in [-0.1, -0.05) is 0 Å². The van der Waals surface area contributed by atoms with Gasteiger partial charge in [0.2, 0.25) is 0 Å². The molecule has 6 nitrogen and oxygen atoms in total. The van der Waals surface area contributed by atoms with E-state index in [4.69, 9.17) is 15.1 Å². The summed E-state index contributed by atoms with van der Waals surface area (Å²) >= 11 is 0. The summed E-state index contributed by atoms with van der Waals surface area (Å²) in [6.45, 7) is 0. The predicted octanol–water partition coefficient (Wildman–Crippen LogP) is 3.24. The number of carboxylic acids is 1. The van der Waals surface area contributed by atoms with Gasteiger partial charge in [-0.15, -0.1) is 0 Å². The third kappa shape index (κ3) is 4.08. The highest BCUT2D eigenvalue weighted by Gasteiger charge is 2.18. The Morgan fingerprint density at radius 2 is 1.79 bits per heavy atom. The molecule has 0 fully saturated rings. The number of nitriles is 1. The topological polar surface area (TPSA) is 108 Å². The smallest absolute Gasteiger partial charge is 0.303 e. The first kappa shape index (κ1) is 17.0. The number of Topliss-reactive ketones (excluding diaryl/α,β-unsaturated/α-hetero) is 1. The van der Waals surface area contributed by atoms with Gasteiger partial charge in [-0.2, -0.15) is 5.26 Å². The van der Waals surface area contributed by atoms with E-state index in [-0.39, 0.29) is 29.0 Å². The third-order valence-corrected chi connectivity index (χ3v) is 3.12. The van der Waals surface area contributed by atoms with E-state index < -0.39 is 29.7 Å². The first-order chi connectivity index (χ1) is 11.4. The van der Waals surface area contributed by atoms with Gasteiger partial charge in [0, 0.05) is 12.5 Å². The molecule has 24 heavy (non-hydrogen) atoms. The van der Waals surface area contributed by atoms with Crippen LogP contribution >= 0.6 is 0 Å². The van der Waals surface area contributed by atoms with Crippen molar-refractivity contribution in [1.82, 2.24) is 0 Å². The van der Waals surface area contributed by atoms with Crippen LogP contribution in [0.1, 0.15) is 28.8 Å². The Morgan fingerprint density at radius 3 is 2.38 bits per heavy atom. The van der Waals surface area contributed by atoms with Crippen LogP contribution in [0, 0.1) is 17.1 Å². The lowest BCUT2D eigenvalue weighted by molar-refractivity contribution is -0.136. The SMILES string of the molecule is N#Cc1cc(Oc2ccc(F)cc2)cc(C(=O)CCC(=O)O)c1O. The molecule has 0 aliphatic carbocycles. The number of benzene rings is 2. The van der Waals surface area contributed by atoms with Crippen molar-refractivity contribution in [3.05, 3.63) is 53.3 Å². The van der Waals surface area contributed by atoms with Crippen molar-refractivity contribution in [3.63, 3.8) is 0 Å². The van der Waals surface area contributed by atoms with Crippen LogP contribution in [0.3, 0.4) is 0 Å². The third-order valence-electron chi connectivity index (χ3n) is 3.12. The van der Waals surface area contributed by atoms with Crippen molar-refractivity contribution in [1.29, 1.82) is 5.26 Å². The van der Waals surface area contributed by atoms with Crippen LogP contribution in [0.5, 0.6) is 17.2 Å². The Kier molecular flexibility index (Phi) is 5.12. The standard InChI is InChI=1S/C17H12FNO5/c18-11-1-3-12(4-2-11)24-13-7-10(9-19)17(23)14(8-13)15(20)5-6-16(21)22/h1-4,7-8,23H,5-6H2,(H,21,22). The van der Waals surface area contributed by atoms with E-state index in [1.807, 2.05) is 0 Å². The maximum Gasteiger partial charge on any atom is 0.303 e. The summed E-state index contributed by atoms with van der Waals surface area (Å²) in [5.41, 5.74) is -0.388. The Morgan fingerprint density at radius 1 is 1.12 bits per heavy atom. The molecule has 0 amide bonds. The minimum absolute atomic E-state index is 0.0923. The van der Waals surface area contributed by atoms with Crippen molar-refractivity contribution in [3.8, 4) is 23.3 Å². The second-order valence-electron chi connectivity index (χ2n) is 4.85. The van der Waals surface area contributed by atoms with E-state index >= 15 is 0 Å². The Hall–Kier alpha value is -3.40. The zero-order chi connectivity index (χ0) is 17.7. The molecule has 0 heterocycles. The lowest BCUT2D eigenvalue weighted by atomic mass is 10.0. The van der Waals surface area contributed by atoms with Crippen LogP contribution in [0.4, 0.5) is 4.39 Å². The molecule has 2 rings (SSSR count). The maximum absolute atomic E-state index is 12.9. The van der Waals surface area contributed by atoms with E-state index in [0.717, 1.165) is 0 Å². The molecule has 2 aromatic rings. The molecule has 0 saturated heterocycles. The summed E-state index contributed by atoms with van der Waals surface area (Å²) in [5, 5.41) is 27.6. The summed E-state index contributed by atoms with van der Waals surface area (Å²) in [7, 11) is 0. The molecule has 0 unspecified atom stereocenters. The van der Waals surface area contributed by atoms with Crippen molar-refractivity contribution < 1.29 is 28.9 Å². The normalized spacial score (nSPS) is 10.0. The first-order valence-electron chi connectivity index (χ1n) is 6.86. The molecule has 7 heteroatoms. The number of rotatable bonds is 6. The molecule has 0 aliphatic heterocycles. The number of carbonyl (C=O) groups excluding carboxylic acids is 1. The Bertz CT molecular complexity index is 824. The molecule has 122 valence electrons. The Labute approximate surface area is 136 Å². The molecular formula is C17H12FNO5. The number of aliphatic carboxylic acids is 1. The van der Waals surface area contributed by atoms with Crippen molar-refractivity contribution in [2.24, 2.45) is 0 Å². The van der Waals surface area contributed by atoms with Crippen LogP contribution in [0.15, 0.2) is 36.4 Å². The molecule has 0 aliphatic rings. The highest BCUT2D eigenvalue weighted by atomic mass is 19.1. The average Bonchev–Trinajstić information content (AvgIpc) is 2.56. The van der Waals surface area contributed by atoms with Gasteiger partial charge in [0.1, 0.15) is 29.1 Å². The lowest BCUT2D eigenvalue weighted by Crippen LogP contribution is -2.05. The number of carboxylic acid groups (broad SMARTS) is 1. The van der Waals surface area contributed by atoms with Gasteiger partial charge >= 0.3 is 5.97 Å². The van der Waals surface area contributed by atoms with E-state index in [9.17, 15) is 19.1 Å². The van der Waals surface area contributed by atoms with E-state index in [0.29, 0.717) is 0 Å². The van der Waals surface area contributed by atoms with Crippen LogP contribution in [0.25, 0.3) is 0 Å². The first-order valence-corrected chi connectivity index (χ1v) is 6.86. The van der Waals surface area contributed by atoms with E-state index in [1.54, 1.807) is 6.07 Å². The highest BCUT2D eigenvalue weighted by Crippen LogP contribution is 2.31. The fourth-order valence-electron chi connectivity index (χ4n) is 1.96. The average molecular weight is 329 g/mol. The number of halogens is 1. The predicted molar refractivity (Wildman–Crippen MR) is 80.5 cm³/mol. The van der Waals surface area contributed by atoms with Crippen LogP contribution in [-0.2, 0) is 4.79 Å². The molecule has 0 aromatic heterocycles. The van der Waals surface area contributed by atoms with Gasteiger partial charge in [-0.05, 0) is 30.3 Å². The fourth-order valence-corrected chi connectivity index (χ4v) is 1.96. The fraction of sp³-hybridized carbons (Fsp3) is 0.118. The van der Waals surface area contributed by atoms with Crippen molar-refractivity contribution in [2.75, 3.05) is 0 Å². The number of nitrogens with zero attached hydrogens (tertiary/aromatic N) is 1. The number of ketones is 1. The van der Waals surface area contributed by atoms with Gasteiger partial charge in [0.05, 0.1) is 17.5 Å². The zero-order valence-electron chi connectivity index (χ0n) is 12.3. The summed E-state index contributed by atoms with van der Waals surface area (Å²) < 4.78 is 18.3. The molecule has 2 N–H and O–H groups in total. The highest BCUT2D eigenvalue weighted by molar-refractivity contribution is 6.00. The molecule has 0 atom stereocenters. The largest absolute Gasteiger partial charge is 0.506 e. The van der Waals surface area contributed by atoms with Crippen molar-refractivity contribution >= 4 is 11.8 Å². The second kappa shape index (κ2) is 7.24. The van der Waals surface area contributed by atoms with Gasteiger partial charge in [0.15, 0.2) is 5.78 Å². The van der Waals surface area contributed by atoms with Gasteiger partial charge in [0.25, 0.3) is 0 Å². The lowest BCUT2D eigenvalue weighted by Gasteiger charge is -2.10. The number of phenolic OH excluding ortho intramolecular Hbond substituents is 1. The summed E-state index contributed by atoms with van der Waals surface area (Å²) in [6.07, 6.45) is -0.725. The maximum atomic E-state index is 12.9. The Balaban J connectivity index is 2.34. The van der Waals surface area contributed by atoms with E-state index in [2.05, 4.69) is 0 Å². The van der Waals surface area contributed by atoms with Crippen molar-refractivity contribution in [2.45, 2.75) is 12.8 Å². The molecule has 0 radical (unpaired) electrons. The van der Waals surface area contributed by atoms with Gasteiger partial charge in [-0.3, -0.25) is 9.59 Å². The zero-order valence-corrected chi connectivity index (χ0v) is 12.3. The summed E-state index contributed by atoms with van der Waals surface area (Å²) in [6, 6.07) is 9.26. The minimum Gasteiger partial charge on any atom is -0.506 e. The quantitative estimate of drug-likeness (QED) is 0.788. The summed E-state index contributed by atoms with van der Waals surface area (Å²) in [4.78, 5) is 22.6. The minimum atomic E-state index is -1.15. The van der Waals surface area contributed by atoms with Crippen LogP contribution < -0.4 is 4.74 Å². The number of phenols is 1. The van der Waals surface area contributed by atoms with Crippen LogP contribution in [0.2, 0.25) is 0 Å². The van der Waals surface area contributed by atoms with Gasteiger partial charge in [-0.25, -0.2) is 4.39 Å². The molecular weight excluding hydrogens is 317 g/mol. The van der Waals surface area contributed by atoms with Gasteiger partial charge < -0.3 is 14.9 Å². The van der Waals surface area contributed by atoms with E-state index in [1.165, 1.54) is 36.4 Å². The molecule has 0 bridgehead atoms. The second-order valence-corrected chi connectivity index (χ2v) is 4.85. The molecule has 0 saturated carbocycles. The number of hydrogen-bond donors (Lipinski definition) is 2. The number of aromatic hydroxyl groups is 1. The number of carbonyl (C=O) groups is 2.